The minimum Gasteiger partial charge on any atom is -0.261 e. The Morgan fingerprint density at radius 2 is 0.393 bits per heavy atom. The summed E-state index contributed by atoms with van der Waals surface area (Å²) in [5.74, 6) is 0.827. The smallest absolute Gasteiger partial charge is 0.159 e. The maximum Gasteiger partial charge on any atom is 0.159 e. The third-order valence-electron chi connectivity index (χ3n) is 18.4. The Kier molecular flexibility index (Phi) is 61.3. The molecule has 20 heteroatoms. The van der Waals surface area contributed by atoms with Crippen molar-refractivity contribution in [1.29, 1.82) is 0 Å². The molecule has 20 rings (SSSR count). The molecule has 2 aromatic carbocycles. The molecule has 0 saturated heterocycles. The first-order valence-corrected chi connectivity index (χ1v) is 49.5. The number of pyridine rings is 16. The number of rotatable bonds is 0. The van der Waals surface area contributed by atoms with Crippen molar-refractivity contribution in [2.75, 3.05) is 0 Å². The topological polar surface area (TPSA) is 258 Å². The molecule has 18 heterocycles. The summed E-state index contributed by atoms with van der Waals surface area (Å²) in [5, 5.41) is 10.1. The van der Waals surface area contributed by atoms with E-state index in [0.717, 1.165) is 195 Å². The van der Waals surface area contributed by atoms with Gasteiger partial charge in [0.25, 0.3) is 0 Å². The van der Waals surface area contributed by atoms with Crippen LogP contribution >= 0.6 is 0 Å². The molecule has 740 valence electrons. The van der Waals surface area contributed by atoms with Crippen molar-refractivity contribution in [3.63, 3.8) is 0 Å². The van der Waals surface area contributed by atoms with E-state index in [-0.39, 0.29) is 0 Å². The van der Waals surface area contributed by atoms with E-state index in [1.807, 2.05) is 447 Å². The standard InChI is InChI=1S/10C10H10N2.10C2H6/c1-7-3-9-6-12-8(2)4-10(9)5-11-7;2*1-7-3-9-6-11-8(2)4-10(9)12-5-7;1-7-3-5-9-6-4-8(2)12-10(9)11-7;1-7-5-10-9(11-6-7)4-3-8(2)12-10;1-7-5-9-4-3-8(2)12-10(9)11-6-7;1-7-3-4-9-6-11-8(2)5-10(9)12-7;1-7-3-4-9-5-8(2)11-6-10(9)12-7;1-7-3-4-9-6-11-8(2)12-10(9)5-7;1-7-3-4-9-10(5-7)12-8(2)6-11-9;10*1-2/h10*3-6H,1-2H3;10*1-2H3. The molecule has 140 heavy (non-hydrogen) atoms. The maximum absolute atomic E-state index is 4.40. The second kappa shape index (κ2) is 69.4. The van der Waals surface area contributed by atoms with Crippen LogP contribution in [-0.2, 0) is 0 Å². The quantitative estimate of drug-likeness (QED) is 0.137. The van der Waals surface area contributed by atoms with Gasteiger partial charge in [-0.2, -0.15) is 0 Å². The van der Waals surface area contributed by atoms with Crippen LogP contribution in [-0.4, -0.2) is 99.7 Å². The van der Waals surface area contributed by atoms with Gasteiger partial charge in [0, 0.05) is 185 Å². The molecule has 0 atom stereocenters. The van der Waals surface area contributed by atoms with Gasteiger partial charge in [-0.25, -0.2) is 34.9 Å². The molecule has 0 spiro atoms. The summed E-state index contributed by atoms with van der Waals surface area (Å²) in [7, 11) is 0. The number of aryl methyl sites for hydroxylation is 20. The molecule has 0 fully saturated rings. The lowest BCUT2D eigenvalue weighted by Gasteiger charge is -1.98. The van der Waals surface area contributed by atoms with Crippen LogP contribution in [0, 0.1) is 138 Å². The third kappa shape index (κ3) is 43.9. The van der Waals surface area contributed by atoms with Gasteiger partial charge in [-0.3, -0.25) is 64.8 Å². The Morgan fingerprint density at radius 3 is 0.857 bits per heavy atom. The minimum absolute atomic E-state index is 0.827. The van der Waals surface area contributed by atoms with Crippen molar-refractivity contribution in [3.8, 4) is 0 Å². The first kappa shape index (κ1) is 124. The van der Waals surface area contributed by atoms with Crippen molar-refractivity contribution in [2.24, 2.45) is 0 Å². The molecule has 0 aliphatic rings. The van der Waals surface area contributed by atoms with Gasteiger partial charge in [-0.15, -0.1) is 0 Å². The Morgan fingerprint density at radius 1 is 0.121 bits per heavy atom. The van der Waals surface area contributed by atoms with E-state index in [2.05, 4.69) is 168 Å². The number of nitrogens with zero attached hydrogens (tertiary/aromatic N) is 20. The van der Waals surface area contributed by atoms with E-state index >= 15 is 0 Å². The van der Waals surface area contributed by atoms with Crippen LogP contribution in [0.1, 0.15) is 252 Å². The van der Waals surface area contributed by atoms with E-state index in [0.29, 0.717) is 0 Å². The summed E-state index contributed by atoms with van der Waals surface area (Å²) < 4.78 is 0. The maximum atomic E-state index is 4.40. The van der Waals surface area contributed by atoms with Gasteiger partial charge >= 0.3 is 0 Å². The first-order valence-electron chi connectivity index (χ1n) is 49.5. The predicted molar refractivity (Wildman–Crippen MR) is 604 cm³/mol. The number of hydrogen-bond acceptors (Lipinski definition) is 20. The van der Waals surface area contributed by atoms with Crippen LogP contribution < -0.4 is 0 Å². The summed E-state index contributed by atoms with van der Waals surface area (Å²) in [6.07, 6.45) is 22.3. The zero-order valence-electron chi connectivity index (χ0n) is 92.0. The Hall–Kier alpha value is -14.4. The molecule has 0 bridgehead atoms. The van der Waals surface area contributed by atoms with Crippen LogP contribution in [0.25, 0.3) is 109 Å². The van der Waals surface area contributed by atoms with E-state index in [9.17, 15) is 0 Å². The molecular weight excluding hydrogens is 1720 g/mol. The lowest BCUT2D eigenvalue weighted by molar-refractivity contribution is 1.09. The summed E-state index contributed by atoms with van der Waals surface area (Å²) in [6.45, 7) is 79.9. The second-order valence-electron chi connectivity index (χ2n) is 30.0. The highest BCUT2D eigenvalue weighted by Gasteiger charge is 2.05. The van der Waals surface area contributed by atoms with Crippen molar-refractivity contribution in [1.82, 2.24) is 99.7 Å². The molecule has 18 aromatic heterocycles. The van der Waals surface area contributed by atoms with E-state index in [4.69, 9.17) is 0 Å². The van der Waals surface area contributed by atoms with Gasteiger partial charge in [0.2, 0.25) is 0 Å². The SMILES string of the molecule is CC.CC.CC.CC.CC.CC.CC.CC.CC.CC.Cc1cc2ccc(C)nc2cn1.Cc1cc2cnc(C)cc2cn1.Cc1cc2nc(C)ccc2cn1.Cc1ccc2ccc(C)nc2n1.Cc1ccc2cnc(C)nc2c1.Cc1ccc2ncc(C)nc2c1.Cc1cnc2cc(C)ncc2c1.Cc1cnc2cc(C)ncc2c1.Cc1cnc2ccc(C)nc2c1.Cc1cnc2nc(C)ccc2c1. The van der Waals surface area contributed by atoms with Gasteiger partial charge in [-0.1, -0.05) is 163 Å². The molecule has 0 aliphatic heterocycles. The van der Waals surface area contributed by atoms with Gasteiger partial charge < -0.3 is 0 Å². The van der Waals surface area contributed by atoms with E-state index in [1.54, 1.807) is 6.20 Å². The first-order chi connectivity index (χ1) is 67.5. The molecule has 0 radical (unpaired) electrons. The molecule has 0 amide bonds. The average molecular weight is 1880 g/mol. The molecule has 0 N–H and O–H groups in total. The summed E-state index contributed by atoms with van der Waals surface area (Å²) in [5.41, 5.74) is 31.1. The molecule has 20 aromatic rings. The molecule has 0 aliphatic carbocycles. The molecule has 0 unspecified atom stereocenters. The molecule has 20 nitrogen and oxygen atoms in total. The molecular formula is C120H160N20. The zero-order chi connectivity index (χ0) is 106. The number of fused-ring (bicyclic) bond motifs is 10. The number of benzene rings is 2. The largest absolute Gasteiger partial charge is 0.261 e. The number of aromatic nitrogens is 20. The van der Waals surface area contributed by atoms with Crippen LogP contribution in [0.15, 0.2) is 244 Å². The highest BCUT2D eigenvalue weighted by Crippen LogP contribution is 2.21. The van der Waals surface area contributed by atoms with Gasteiger partial charge in [0.15, 0.2) is 11.3 Å². The lowest BCUT2D eigenvalue weighted by Crippen LogP contribution is -1.88. The fourth-order valence-electron chi connectivity index (χ4n) is 12.2. The zero-order valence-corrected chi connectivity index (χ0v) is 92.0. The summed E-state index contributed by atoms with van der Waals surface area (Å²) in [4.78, 5) is 85.5. The van der Waals surface area contributed by atoms with Gasteiger partial charge in [-0.05, 0) is 317 Å². The lowest BCUT2D eigenvalue weighted by atomic mass is 10.2. The van der Waals surface area contributed by atoms with Crippen molar-refractivity contribution < 1.29 is 0 Å². The Labute approximate surface area is 838 Å². The molecule has 0 saturated carbocycles. The van der Waals surface area contributed by atoms with Gasteiger partial charge in [0.1, 0.15) is 5.82 Å². The van der Waals surface area contributed by atoms with Crippen molar-refractivity contribution >= 4 is 109 Å². The normalized spacial score (nSPS) is 9.43. The van der Waals surface area contributed by atoms with Gasteiger partial charge in [0.05, 0.1) is 61.5 Å². The average Bonchev–Trinajstić information content (AvgIpc) is 0.744. The van der Waals surface area contributed by atoms with Crippen molar-refractivity contribution in [3.05, 3.63) is 357 Å². The summed E-state index contributed by atoms with van der Waals surface area (Å²) >= 11 is 0. The fraction of sp³-hybridized carbons (Fsp3) is 0.333. The van der Waals surface area contributed by atoms with Crippen LogP contribution in [0.2, 0.25) is 0 Å². The third-order valence-corrected chi connectivity index (χ3v) is 18.4. The Bertz CT molecular complexity index is 5620. The monoisotopic (exact) mass is 1880 g/mol. The number of hydrogen-bond donors (Lipinski definition) is 0. The van der Waals surface area contributed by atoms with E-state index < -0.39 is 0 Å². The van der Waals surface area contributed by atoms with Crippen LogP contribution in [0.4, 0.5) is 0 Å². The van der Waals surface area contributed by atoms with Crippen molar-refractivity contribution in [2.45, 2.75) is 277 Å². The predicted octanol–water partition coefficient (Wildman–Crippen LogP) is 32.7. The Balaban J connectivity index is 0.000000762. The highest BCUT2D eigenvalue weighted by atomic mass is 14.9. The minimum atomic E-state index is 0.827. The van der Waals surface area contributed by atoms with Crippen LogP contribution in [0.5, 0.6) is 0 Å². The highest BCUT2D eigenvalue weighted by molar-refractivity contribution is 5.84. The second-order valence-corrected chi connectivity index (χ2v) is 30.0. The fourth-order valence-corrected chi connectivity index (χ4v) is 12.2. The van der Waals surface area contributed by atoms with Crippen LogP contribution in [0.3, 0.4) is 0 Å². The summed E-state index contributed by atoms with van der Waals surface area (Å²) in [6, 6.07) is 57.0. The van der Waals surface area contributed by atoms with E-state index in [1.165, 1.54) is 27.8 Å².